The van der Waals surface area contributed by atoms with E-state index in [1.807, 2.05) is 24.3 Å². The van der Waals surface area contributed by atoms with E-state index < -0.39 is 11.0 Å². The Bertz CT molecular complexity index is 836. The molecule has 2 N–H and O–H groups in total. The number of nitro groups is 1. The highest BCUT2D eigenvalue weighted by Gasteiger charge is 2.26. The maximum absolute atomic E-state index is 12.4. The third-order valence-electron chi connectivity index (χ3n) is 4.85. The van der Waals surface area contributed by atoms with Crippen molar-refractivity contribution in [2.75, 3.05) is 32.1 Å². The van der Waals surface area contributed by atoms with Gasteiger partial charge in [0.15, 0.2) is 0 Å². The average Bonchev–Trinajstić information content (AvgIpc) is 3.23. The Morgan fingerprint density at radius 1 is 1.21 bits per heavy atom. The Kier molecular flexibility index (Phi) is 6.44. The van der Waals surface area contributed by atoms with Gasteiger partial charge in [0, 0.05) is 29.9 Å². The number of non-ortho nitro benzene ring substituents is 1. The molecule has 0 bridgehead atoms. The quantitative estimate of drug-likeness (QED) is 0.562. The molecule has 8 heteroatoms. The Labute approximate surface area is 163 Å². The van der Waals surface area contributed by atoms with Crippen LogP contribution in [0, 0.1) is 10.1 Å². The second kappa shape index (κ2) is 9.18. The predicted molar refractivity (Wildman–Crippen MR) is 107 cm³/mol. The fourth-order valence-electron chi connectivity index (χ4n) is 3.49. The van der Waals surface area contributed by atoms with Crippen molar-refractivity contribution in [3.8, 4) is 5.75 Å². The van der Waals surface area contributed by atoms with Crippen LogP contribution in [0.3, 0.4) is 0 Å². The van der Waals surface area contributed by atoms with Crippen LogP contribution in [0.15, 0.2) is 48.5 Å². The maximum atomic E-state index is 12.4. The Morgan fingerprint density at radius 2 is 1.96 bits per heavy atom. The SMILES string of the molecule is COc1ccccc1C(CNC(=O)Nc1cccc([N+](=O)[O-])c1)N1CCCC1. The van der Waals surface area contributed by atoms with Crippen LogP contribution in [0.2, 0.25) is 0 Å². The number of likely N-dealkylation sites (tertiary alicyclic amines) is 1. The van der Waals surface area contributed by atoms with Crippen molar-refractivity contribution in [1.82, 2.24) is 10.2 Å². The van der Waals surface area contributed by atoms with Crippen molar-refractivity contribution in [3.05, 3.63) is 64.2 Å². The molecule has 8 nitrogen and oxygen atoms in total. The molecule has 2 aromatic carbocycles. The molecule has 28 heavy (non-hydrogen) atoms. The number of carbonyl (C=O) groups excluding carboxylic acids is 1. The van der Waals surface area contributed by atoms with Gasteiger partial charge in [0.25, 0.3) is 5.69 Å². The van der Waals surface area contributed by atoms with Crippen molar-refractivity contribution in [2.24, 2.45) is 0 Å². The summed E-state index contributed by atoms with van der Waals surface area (Å²) < 4.78 is 5.51. The summed E-state index contributed by atoms with van der Waals surface area (Å²) in [6, 6.07) is 13.3. The van der Waals surface area contributed by atoms with E-state index in [2.05, 4.69) is 15.5 Å². The third kappa shape index (κ3) is 4.77. The molecule has 2 aromatic rings. The van der Waals surface area contributed by atoms with Crippen molar-refractivity contribution in [2.45, 2.75) is 18.9 Å². The molecule has 1 unspecified atom stereocenters. The van der Waals surface area contributed by atoms with Crippen LogP contribution in [0.1, 0.15) is 24.4 Å². The molecule has 1 heterocycles. The van der Waals surface area contributed by atoms with Gasteiger partial charge >= 0.3 is 6.03 Å². The predicted octanol–water partition coefficient (Wildman–Crippen LogP) is 3.56. The number of amides is 2. The second-order valence-corrected chi connectivity index (χ2v) is 6.64. The Hall–Kier alpha value is -3.13. The molecule has 3 rings (SSSR count). The van der Waals surface area contributed by atoms with Crippen molar-refractivity contribution in [1.29, 1.82) is 0 Å². The zero-order chi connectivity index (χ0) is 19.9. The number of nitrogens with one attached hydrogen (secondary N) is 2. The molecule has 1 saturated heterocycles. The van der Waals surface area contributed by atoms with E-state index in [1.165, 1.54) is 18.2 Å². The molecule has 0 aromatic heterocycles. The van der Waals surface area contributed by atoms with Crippen LogP contribution in [0.4, 0.5) is 16.2 Å². The number of nitro benzene ring substituents is 1. The molecular weight excluding hydrogens is 360 g/mol. The first kappa shape index (κ1) is 19.6. The van der Waals surface area contributed by atoms with Gasteiger partial charge in [-0.1, -0.05) is 24.3 Å². The number of nitrogens with zero attached hydrogens (tertiary/aromatic N) is 2. The van der Waals surface area contributed by atoms with Gasteiger partial charge in [-0.25, -0.2) is 4.79 Å². The Morgan fingerprint density at radius 3 is 2.68 bits per heavy atom. The smallest absolute Gasteiger partial charge is 0.319 e. The molecule has 0 aliphatic carbocycles. The minimum Gasteiger partial charge on any atom is -0.496 e. The number of anilines is 1. The van der Waals surface area contributed by atoms with Gasteiger partial charge in [0.05, 0.1) is 18.1 Å². The summed E-state index contributed by atoms with van der Waals surface area (Å²) in [7, 11) is 1.64. The lowest BCUT2D eigenvalue weighted by Crippen LogP contribution is -2.38. The number of hydrogen-bond acceptors (Lipinski definition) is 5. The van der Waals surface area contributed by atoms with E-state index in [9.17, 15) is 14.9 Å². The van der Waals surface area contributed by atoms with E-state index in [0.29, 0.717) is 12.2 Å². The van der Waals surface area contributed by atoms with Gasteiger partial charge in [-0.3, -0.25) is 15.0 Å². The normalized spacial score (nSPS) is 15.0. The zero-order valence-electron chi connectivity index (χ0n) is 15.8. The van der Waals surface area contributed by atoms with E-state index in [-0.39, 0.29) is 11.7 Å². The summed E-state index contributed by atoms with van der Waals surface area (Å²) in [5, 5.41) is 16.4. The first-order valence-corrected chi connectivity index (χ1v) is 9.25. The zero-order valence-corrected chi connectivity index (χ0v) is 15.8. The highest BCUT2D eigenvalue weighted by atomic mass is 16.6. The van der Waals surface area contributed by atoms with Crippen molar-refractivity contribution >= 4 is 17.4 Å². The third-order valence-corrected chi connectivity index (χ3v) is 4.85. The summed E-state index contributed by atoms with van der Waals surface area (Å²) in [6.07, 6.45) is 2.26. The van der Waals surface area contributed by atoms with Gasteiger partial charge < -0.3 is 15.4 Å². The van der Waals surface area contributed by atoms with Crippen LogP contribution < -0.4 is 15.4 Å². The molecule has 1 aliphatic rings. The highest BCUT2D eigenvalue weighted by molar-refractivity contribution is 5.89. The minimum atomic E-state index is -0.492. The number of carbonyl (C=O) groups is 1. The summed E-state index contributed by atoms with van der Waals surface area (Å²) in [5.41, 5.74) is 1.34. The molecule has 0 radical (unpaired) electrons. The molecule has 148 valence electrons. The molecule has 1 aliphatic heterocycles. The van der Waals surface area contributed by atoms with Crippen LogP contribution >= 0.6 is 0 Å². The van der Waals surface area contributed by atoms with Gasteiger partial charge in [0.1, 0.15) is 5.75 Å². The highest BCUT2D eigenvalue weighted by Crippen LogP contribution is 2.31. The van der Waals surface area contributed by atoms with Gasteiger partial charge in [-0.15, -0.1) is 0 Å². The number of benzene rings is 2. The van der Waals surface area contributed by atoms with E-state index in [4.69, 9.17) is 4.74 Å². The summed E-state index contributed by atoms with van der Waals surface area (Å²) in [5.74, 6) is 0.792. The van der Waals surface area contributed by atoms with E-state index in [1.54, 1.807) is 13.2 Å². The summed E-state index contributed by atoms with van der Waals surface area (Å²) in [6.45, 7) is 2.34. The fourth-order valence-corrected chi connectivity index (χ4v) is 3.49. The number of rotatable bonds is 7. The molecule has 1 atom stereocenters. The van der Waals surface area contributed by atoms with E-state index >= 15 is 0 Å². The Balaban J connectivity index is 1.69. The van der Waals surface area contributed by atoms with Gasteiger partial charge in [-0.05, 0) is 38.1 Å². The monoisotopic (exact) mass is 384 g/mol. The lowest BCUT2D eigenvalue weighted by Gasteiger charge is -2.29. The second-order valence-electron chi connectivity index (χ2n) is 6.64. The topological polar surface area (TPSA) is 96.7 Å². The van der Waals surface area contributed by atoms with Crippen LogP contribution in [-0.2, 0) is 0 Å². The lowest BCUT2D eigenvalue weighted by atomic mass is 10.0. The number of methoxy groups -OCH3 is 1. The van der Waals surface area contributed by atoms with Crippen molar-refractivity contribution in [3.63, 3.8) is 0 Å². The number of ether oxygens (including phenoxy) is 1. The number of urea groups is 1. The number of para-hydroxylation sites is 1. The minimum absolute atomic E-state index is 0.00508. The standard InChI is InChI=1S/C20H24N4O4/c1-28-19-10-3-2-9-17(19)18(23-11-4-5-12-23)14-21-20(25)22-15-7-6-8-16(13-15)24(26)27/h2-3,6-10,13,18H,4-5,11-12,14H2,1H3,(H2,21,22,25). The van der Waals surface area contributed by atoms with Crippen LogP contribution in [0.25, 0.3) is 0 Å². The van der Waals surface area contributed by atoms with E-state index in [0.717, 1.165) is 37.2 Å². The molecule has 0 saturated carbocycles. The molecule has 0 spiro atoms. The number of hydrogen-bond donors (Lipinski definition) is 2. The molecule has 1 fully saturated rings. The van der Waals surface area contributed by atoms with Crippen molar-refractivity contribution < 1.29 is 14.5 Å². The average molecular weight is 384 g/mol. The fraction of sp³-hybridized carbons (Fsp3) is 0.350. The molecule has 2 amide bonds. The van der Waals surface area contributed by atoms with Crippen LogP contribution in [-0.4, -0.2) is 42.6 Å². The first-order chi connectivity index (χ1) is 13.6. The summed E-state index contributed by atoms with van der Waals surface area (Å²) >= 11 is 0. The van der Waals surface area contributed by atoms with Gasteiger partial charge in [-0.2, -0.15) is 0 Å². The van der Waals surface area contributed by atoms with Crippen LogP contribution in [0.5, 0.6) is 5.75 Å². The molecular formula is C20H24N4O4. The first-order valence-electron chi connectivity index (χ1n) is 9.25. The largest absolute Gasteiger partial charge is 0.496 e. The van der Waals surface area contributed by atoms with Gasteiger partial charge in [0.2, 0.25) is 0 Å². The lowest BCUT2D eigenvalue weighted by molar-refractivity contribution is -0.384. The summed E-state index contributed by atoms with van der Waals surface area (Å²) in [4.78, 5) is 25.1. The maximum Gasteiger partial charge on any atom is 0.319 e.